The van der Waals surface area contributed by atoms with Crippen LogP contribution in [0, 0.1) is 12.7 Å². The minimum Gasteiger partial charge on any atom is -0.322 e. The Balaban J connectivity index is 1.79. The van der Waals surface area contributed by atoms with Crippen LogP contribution in [0.3, 0.4) is 0 Å². The summed E-state index contributed by atoms with van der Waals surface area (Å²) >= 11 is 0. The van der Waals surface area contributed by atoms with Crippen molar-refractivity contribution in [2.75, 3.05) is 0 Å². The molecule has 0 aliphatic carbocycles. The third kappa shape index (κ3) is 5.65. The number of hydrogen-bond acceptors (Lipinski definition) is 5. The molecule has 2 aromatic heterocycles. The average Bonchev–Trinajstić information content (AvgIpc) is 3.29. The van der Waals surface area contributed by atoms with Crippen LogP contribution in [0.15, 0.2) is 53.3 Å². The molecule has 0 aliphatic heterocycles. The Bertz CT molecular complexity index is 1350. The predicted molar refractivity (Wildman–Crippen MR) is 135 cm³/mol. The third-order valence-electron chi connectivity index (χ3n) is 6.18. The van der Waals surface area contributed by atoms with E-state index in [1.807, 2.05) is 29.8 Å². The van der Waals surface area contributed by atoms with Gasteiger partial charge in [-0.25, -0.2) is 9.07 Å². The largest absolute Gasteiger partial charge is 0.322 e. The highest BCUT2D eigenvalue weighted by molar-refractivity contribution is 5.79. The molecule has 184 valence electrons. The highest BCUT2D eigenvalue weighted by Gasteiger charge is 2.30. The Morgan fingerprint density at radius 2 is 1.83 bits per heavy atom. The number of halogens is 1. The van der Waals surface area contributed by atoms with Crippen molar-refractivity contribution in [3.05, 3.63) is 87.2 Å². The Labute approximate surface area is 205 Å². The summed E-state index contributed by atoms with van der Waals surface area (Å²) in [5.74, 6) is 0.484. The van der Waals surface area contributed by atoms with E-state index in [4.69, 9.17) is 0 Å². The molecule has 2 aromatic carbocycles. The van der Waals surface area contributed by atoms with Crippen LogP contribution in [0.4, 0.5) is 4.39 Å². The molecule has 7 nitrogen and oxygen atoms in total. The summed E-state index contributed by atoms with van der Waals surface area (Å²) in [6.07, 6.45) is 1.72. The van der Waals surface area contributed by atoms with Gasteiger partial charge >= 0.3 is 0 Å². The van der Waals surface area contributed by atoms with E-state index in [0.29, 0.717) is 18.7 Å². The number of aromatic amines is 1. The highest BCUT2D eigenvalue weighted by atomic mass is 19.1. The summed E-state index contributed by atoms with van der Waals surface area (Å²) in [5.41, 5.74) is 3.15. The van der Waals surface area contributed by atoms with Gasteiger partial charge in [-0.15, -0.1) is 5.10 Å². The molecular formula is C27H33FN6O. The van der Waals surface area contributed by atoms with E-state index in [-0.39, 0.29) is 23.0 Å². The highest BCUT2D eigenvalue weighted by Crippen LogP contribution is 2.30. The van der Waals surface area contributed by atoms with Crippen molar-refractivity contribution >= 4 is 10.9 Å². The number of nitrogens with one attached hydrogen (secondary N) is 1. The third-order valence-corrected chi connectivity index (χ3v) is 6.18. The average molecular weight is 477 g/mol. The number of pyridine rings is 1. The lowest BCUT2D eigenvalue weighted by molar-refractivity contribution is 0.148. The maximum absolute atomic E-state index is 13.6. The minimum atomic E-state index is -0.301. The van der Waals surface area contributed by atoms with Gasteiger partial charge in [-0.1, -0.05) is 37.1 Å². The number of fused-ring (bicyclic) bond motifs is 1. The Hall–Kier alpha value is -3.39. The van der Waals surface area contributed by atoms with Gasteiger partial charge in [0.15, 0.2) is 5.82 Å². The molecule has 0 saturated carbocycles. The fraction of sp³-hybridized carbons (Fsp3) is 0.407. The maximum Gasteiger partial charge on any atom is 0.252 e. The van der Waals surface area contributed by atoms with Crippen LogP contribution in [-0.4, -0.2) is 30.1 Å². The van der Waals surface area contributed by atoms with E-state index in [0.717, 1.165) is 40.7 Å². The summed E-state index contributed by atoms with van der Waals surface area (Å²) in [6, 6.07) is 14.3. The Kier molecular flexibility index (Phi) is 7.12. The zero-order valence-corrected chi connectivity index (χ0v) is 21.0. The number of hydrogen-bond donors (Lipinski definition) is 1. The second-order valence-corrected chi connectivity index (χ2v) is 10.2. The van der Waals surface area contributed by atoms with Gasteiger partial charge in [-0.05, 0) is 85.8 Å². The number of H-pyrrole nitrogens is 1. The first-order valence-electron chi connectivity index (χ1n) is 12.1. The van der Waals surface area contributed by atoms with E-state index >= 15 is 0 Å². The second kappa shape index (κ2) is 10.1. The van der Waals surface area contributed by atoms with Gasteiger partial charge in [0.25, 0.3) is 5.56 Å². The summed E-state index contributed by atoms with van der Waals surface area (Å²) in [4.78, 5) is 18.3. The monoisotopic (exact) mass is 476 g/mol. The quantitative estimate of drug-likeness (QED) is 0.375. The molecule has 8 heteroatoms. The van der Waals surface area contributed by atoms with E-state index in [2.05, 4.69) is 59.2 Å². The van der Waals surface area contributed by atoms with E-state index in [9.17, 15) is 9.18 Å². The molecule has 0 saturated heterocycles. The number of aryl methyl sites for hydroxylation is 1. The van der Waals surface area contributed by atoms with Gasteiger partial charge in [0.05, 0.1) is 11.6 Å². The first-order valence-corrected chi connectivity index (χ1v) is 12.1. The standard InChI is InChI=1S/C27H33FN6O/c1-6-7-24(25-30-31-32-34(25)27(3,4)5)33(16-19-9-11-22(28)12-10-19)17-21-15-20-14-18(2)8-13-23(20)29-26(21)35/h8-15,24H,6-7,16-17H2,1-5H3,(H,29,35)/t24-/m1/s1. The molecule has 0 bridgehead atoms. The number of nitrogens with zero attached hydrogens (tertiary/aromatic N) is 5. The number of aromatic nitrogens is 5. The number of rotatable bonds is 8. The van der Waals surface area contributed by atoms with Gasteiger partial charge in [0.2, 0.25) is 0 Å². The van der Waals surface area contributed by atoms with Crippen LogP contribution >= 0.6 is 0 Å². The van der Waals surface area contributed by atoms with Crippen LogP contribution in [0.25, 0.3) is 10.9 Å². The first-order chi connectivity index (χ1) is 16.7. The van der Waals surface area contributed by atoms with E-state index in [1.54, 1.807) is 12.1 Å². The van der Waals surface area contributed by atoms with Gasteiger partial charge < -0.3 is 4.98 Å². The lowest BCUT2D eigenvalue weighted by Crippen LogP contribution is -2.35. The molecule has 4 rings (SSSR count). The van der Waals surface area contributed by atoms with Crippen LogP contribution in [0.1, 0.15) is 69.1 Å². The SMILES string of the molecule is CCC[C@H](c1nnnn1C(C)(C)C)N(Cc1ccc(F)cc1)Cc1cc2cc(C)ccc2[nH]c1=O. The molecule has 0 fully saturated rings. The second-order valence-electron chi connectivity index (χ2n) is 10.2. The molecule has 0 radical (unpaired) electrons. The number of benzene rings is 2. The smallest absolute Gasteiger partial charge is 0.252 e. The van der Waals surface area contributed by atoms with Crippen molar-refractivity contribution in [2.24, 2.45) is 0 Å². The van der Waals surface area contributed by atoms with Gasteiger partial charge in [0, 0.05) is 24.2 Å². The molecular weight excluding hydrogens is 443 g/mol. The van der Waals surface area contributed by atoms with Crippen LogP contribution < -0.4 is 5.56 Å². The maximum atomic E-state index is 13.6. The summed E-state index contributed by atoms with van der Waals surface area (Å²) in [5, 5.41) is 13.7. The minimum absolute atomic E-state index is 0.115. The van der Waals surface area contributed by atoms with Crippen LogP contribution in [-0.2, 0) is 18.6 Å². The molecule has 1 atom stereocenters. The normalized spacial score (nSPS) is 13.0. The van der Waals surface area contributed by atoms with E-state index in [1.165, 1.54) is 12.1 Å². The number of tetrazole rings is 1. The van der Waals surface area contributed by atoms with E-state index < -0.39 is 0 Å². The zero-order chi connectivity index (χ0) is 25.2. The summed E-state index contributed by atoms with van der Waals surface area (Å²) < 4.78 is 15.5. The molecule has 0 unspecified atom stereocenters. The van der Waals surface area contributed by atoms with Crippen molar-refractivity contribution in [2.45, 2.75) is 72.1 Å². The fourth-order valence-corrected chi connectivity index (χ4v) is 4.44. The predicted octanol–water partition coefficient (Wildman–Crippen LogP) is 5.26. The fourth-order valence-electron chi connectivity index (χ4n) is 4.44. The summed E-state index contributed by atoms with van der Waals surface area (Å²) in [6.45, 7) is 11.3. The van der Waals surface area contributed by atoms with Crippen molar-refractivity contribution in [3.63, 3.8) is 0 Å². The Morgan fingerprint density at radius 3 is 2.51 bits per heavy atom. The first kappa shape index (κ1) is 24.7. The van der Waals surface area contributed by atoms with Gasteiger partial charge in [0.1, 0.15) is 5.82 Å². The van der Waals surface area contributed by atoms with Gasteiger partial charge in [-0.2, -0.15) is 0 Å². The molecule has 0 amide bonds. The topological polar surface area (TPSA) is 79.7 Å². The van der Waals surface area contributed by atoms with Crippen molar-refractivity contribution in [1.29, 1.82) is 0 Å². The molecule has 1 N–H and O–H groups in total. The summed E-state index contributed by atoms with van der Waals surface area (Å²) in [7, 11) is 0. The van der Waals surface area contributed by atoms with Crippen LogP contribution in [0.2, 0.25) is 0 Å². The molecule has 35 heavy (non-hydrogen) atoms. The van der Waals surface area contributed by atoms with Crippen molar-refractivity contribution in [3.8, 4) is 0 Å². The van der Waals surface area contributed by atoms with Gasteiger partial charge in [-0.3, -0.25) is 9.69 Å². The zero-order valence-electron chi connectivity index (χ0n) is 21.0. The molecule has 0 aliphatic rings. The van der Waals surface area contributed by atoms with Crippen LogP contribution in [0.5, 0.6) is 0 Å². The lowest BCUT2D eigenvalue weighted by Gasteiger charge is -2.33. The molecule has 2 heterocycles. The van der Waals surface area contributed by atoms with Crippen molar-refractivity contribution in [1.82, 2.24) is 30.1 Å². The molecule has 4 aromatic rings. The lowest BCUT2D eigenvalue weighted by atomic mass is 10.0. The Morgan fingerprint density at radius 1 is 1.09 bits per heavy atom. The van der Waals surface area contributed by atoms with Crippen molar-refractivity contribution < 1.29 is 4.39 Å². The molecule has 0 spiro atoms.